The summed E-state index contributed by atoms with van der Waals surface area (Å²) >= 11 is 0. The van der Waals surface area contributed by atoms with Gasteiger partial charge in [-0.2, -0.15) is 0 Å². The van der Waals surface area contributed by atoms with Gasteiger partial charge < -0.3 is 11.1 Å². The second kappa shape index (κ2) is 9.62. The molecule has 2 rings (SSSR count). The van der Waals surface area contributed by atoms with Crippen LogP contribution in [0.4, 0.5) is 0 Å². The third kappa shape index (κ3) is 5.61. The van der Waals surface area contributed by atoms with Gasteiger partial charge >= 0.3 is 0 Å². The fourth-order valence-corrected chi connectivity index (χ4v) is 3.77. The lowest BCUT2D eigenvalue weighted by molar-refractivity contribution is -0.122. The second-order valence-corrected chi connectivity index (χ2v) is 6.50. The molecule has 0 spiro atoms. The molecule has 20 heavy (non-hydrogen) atoms. The Kier molecular flexibility index (Phi) is 8.55. The number of carbonyl (C=O) groups excluding carboxylic acids is 1. The predicted octanol–water partition coefficient (Wildman–Crippen LogP) is 3.40. The molecule has 3 nitrogen and oxygen atoms in total. The van der Waals surface area contributed by atoms with Crippen molar-refractivity contribution in [1.29, 1.82) is 0 Å². The fourth-order valence-electron chi connectivity index (χ4n) is 3.77. The fraction of sp³-hybridized carbons (Fsp3) is 0.938. The molecule has 2 unspecified atom stereocenters. The normalized spacial score (nSPS) is 27.6. The number of rotatable bonds is 5. The molecule has 4 heteroatoms. The molecular formula is C16H31ClN2O. The Labute approximate surface area is 129 Å². The number of nitrogens with two attached hydrogens (primary N) is 1. The second-order valence-electron chi connectivity index (χ2n) is 6.50. The molecule has 0 aromatic heterocycles. The highest BCUT2D eigenvalue weighted by molar-refractivity contribution is 5.85. The van der Waals surface area contributed by atoms with Crippen molar-refractivity contribution in [2.75, 3.05) is 6.54 Å². The summed E-state index contributed by atoms with van der Waals surface area (Å²) in [6.45, 7) is 0.716. The van der Waals surface area contributed by atoms with E-state index in [2.05, 4.69) is 5.32 Å². The number of nitrogens with one attached hydrogen (secondary N) is 1. The van der Waals surface area contributed by atoms with E-state index >= 15 is 0 Å². The maximum absolute atomic E-state index is 12.1. The molecule has 0 aromatic rings. The first kappa shape index (κ1) is 17.8. The van der Waals surface area contributed by atoms with Crippen LogP contribution in [0.1, 0.15) is 70.6 Å². The zero-order valence-corrected chi connectivity index (χ0v) is 13.4. The maximum atomic E-state index is 12.1. The average molecular weight is 303 g/mol. The SMILES string of the molecule is Cl.NCC1CCCCC1NC(=O)CCC1CCCCC1. The average Bonchev–Trinajstić information content (AvgIpc) is 2.47. The largest absolute Gasteiger partial charge is 0.353 e. The lowest BCUT2D eigenvalue weighted by Crippen LogP contribution is -2.44. The Morgan fingerprint density at radius 2 is 1.65 bits per heavy atom. The van der Waals surface area contributed by atoms with Crippen LogP contribution in [0.25, 0.3) is 0 Å². The molecular weight excluding hydrogens is 272 g/mol. The molecule has 118 valence electrons. The Morgan fingerprint density at radius 1 is 1.00 bits per heavy atom. The minimum atomic E-state index is 0. The maximum Gasteiger partial charge on any atom is 0.220 e. The van der Waals surface area contributed by atoms with E-state index in [1.54, 1.807) is 0 Å². The number of halogens is 1. The molecule has 2 fully saturated rings. The van der Waals surface area contributed by atoms with Gasteiger partial charge in [-0.1, -0.05) is 44.9 Å². The molecule has 2 aliphatic carbocycles. The van der Waals surface area contributed by atoms with E-state index in [1.165, 1.54) is 51.4 Å². The van der Waals surface area contributed by atoms with Crippen LogP contribution < -0.4 is 11.1 Å². The van der Waals surface area contributed by atoms with Crippen LogP contribution in [0.5, 0.6) is 0 Å². The molecule has 0 heterocycles. The van der Waals surface area contributed by atoms with Crippen molar-refractivity contribution in [1.82, 2.24) is 5.32 Å². The van der Waals surface area contributed by atoms with E-state index < -0.39 is 0 Å². The van der Waals surface area contributed by atoms with Crippen LogP contribution in [-0.2, 0) is 4.79 Å². The van der Waals surface area contributed by atoms with Crippen LogP contribution >= 0.6 is 12.4 Å². The first-order chi connectivity index (χ1) is 9.29. The summed E-state index contributed by atoms with van der Waals surface area (Å²) in [4.78, 5) is 12.1. The highest BCUT2D eigenvalue weighted by Gasteiger charge is 2.25. The zero-order valence-electron chi connectivity index (χ0n) is 12.6. The molecule has 0 aromatic carbocycles. The summed E-state index contributed by atoms with van der Waals surface area (Å²) < 4.78 is 0. The minimum absolute atomic E-state index is 0. The van der Waals surface area contributed by atoms with E-state index in [0.29, 0.717) is 18.5 Å². The van der Waals surface area contributed by atoms with Gasteiger partial charge in [-0.15, -0.1) is 12.4 Å². The lowest BCUT2D eigenvalue weighted by Gasteiger charge is -2.31. The van der Waals surface area contributed by atoms with Crippen LogP contribution in [-0.4, -0.2) is 18.5 Å². The minimum Gasteiger partial charge on any atom is -0.353 e. The predicted molar refractivity (Wildman–Crippen MR) is 86.0 cm³/mol. The summed E-state index contributed by atoms with van der Waals surface area (Å²) in [5.74, 6) is 1.57. The highest BCUT2D eigenvalue weighted by atomic mass is 35.5. The first-order valence-electron chi connectivity index (χ1n) is 8.29. The Balaban J connectivity index is 0.00000200. The molecule has 2 saturated carbocycles. The van der Waals surface area contributed by atoms with Gasteiger partial charge in [0, 0.05) is 12.5 Å². The zero-order chi connectivity index (χ0) is 13.5. The third-order valence-electron chi connectivity index (χ3n) is 5.06. The van der Waals surface area contributed by atoms with Crippen LogP contribution in [0, 0.1) is 11.8 Å². The number of carbonyl (C=O) groups is 1. The molecule has 3 N–H and O–H groups in total. The van der Waals surface area contributed by atoms with E-state index in [9.17, 15) is 4.79 Å². The van der Waals surface area contributed by atoms with Crippen molar-refractivity contribution in [3.63, 3.8) is 0 Å². The van der Waals surface area contributed by atoms with Gasteiger partial charge in [0.2, 0.25) is 5.91 Å². The monoisotopic (exact) mass is 302 g/mol. The Bertz CT molecular complexity index is 280. The van der Waals surface area contributed by atoms with Gasteiger partial charge in [0.1, 0.15) is 0 Å². The van der Waals surface area contributed by atoms with Crippen molar-refractivity contribution in [2.24, 2.45) is 17.6 Å². The van der Waals surface area contributed by atoms with Crippen LogP contribution in [0.3, 0.4) is 0 Å². The van der Waals surface area contributed by atoms with Crippen molar-refractivity contribution in [2.45, 2.75) is 76.7 Å². The summed E-state index contributed by atoms with van der Waals surface area (Å²) in [6, 6.07) is 0.345. The number of hydrogen-bond acceptors (Lipinski definition) is 2. The molecule has 2 atom stereocenters. The van der Waals surface area contributed by atoms with Crippen molar-refractivity contribution in [3.8, 4) is 0 Å². The first-order valence-corrected chi connectivity index (χ1v) is 8.29. The van der Waals surface area contributed by atoms with Crippen LogP contribution in [0.15, 0.2) is 0 Å². The summed E-state index contributed by atoms with van der Waals surface area (Å²) in [6.07, 6.45) is 13.4. The topological polar surface area (TPSA) is 55.1 Å². The highest BCUT2D eigenvalue weighted by Crippen LogP contribution is 2.27. The number of hydrogen-bond donors (Lipinski definition) is 2. The van der Waals surface area contributed by atoms with Crippen molar-refractivity contribution in [3.05, 3.63) is 0 Å². The quantitative estimate of drug-likeness (QED) is 0.818. The summed E-state index contributed by atoms with van der Waals surface area (Å²) in [7, 11) is 0. The molecule has 1 amide bonds. The number of amides is 1. The summed E-state index contributed by atoms with van der Waals surface area (Å²) in [5, 5.41) is 3.24. The van der Waals surface area contributed by atoms with Gasteiger partial charge in [0.05, 0.1) is 0 Å². The van der Waals surface area contributed by atoms with Crippen molar-refractivity contribution >= 4 is 18.3 Å². The Morgan fingerprint density at radius 3 is 2.35 bits per heavy atom. The van der Waals surface area contributed by atoms with E-state index in [-0.39, 0.29) is 18.3 Å². The van der Waals surface area contributed by atoms with E-state index in [1.807, 2.05) is 0 Å². The molecule has 0 radical (unpaired) electrons. The molecule has 2 aliphatic rings. The summed E-state index contributed by atoms with van der Waals surface area (Å²) in [5.41, 5.74) is 5.81. The lowest BCUT2D eigenvalue weighted by atomic mass is 9.84. The molecule has 0 saturated heterocycles. The van der Waals surface area contributed by atoms with E-state index in [0.717, 1.165) is 25.2 Å². The van der Waals surface area contributed by atoms with Crippen LogP contribution in [0.2, 0.25) is 0 Å². The van der Waals surface area contributed by atoms with Gasteiger partial charge in [-0.3, -0.25) is 4.79 Å². The Hall–Kier alpha value is -0.280. The molecule has 0 bridgehead atoms. The smallest absolute Gasteiger partial charge is 0.220 e. The third-order valence-corrected chi connectivity index (χ3v) is 5.06. The standard InChI is InChI=1S/C16H30N2O.ClH/c17-12-14-8-4-5-9-15(14)18-16(19)11-10-13-6-2-1-3-7-13;/h13-15H,1-12,17H2,(H,18,19);1H. The van der Waals surface area contributed by atoms with Crippen molar-refractivity contribution < 1.29 is 4.79 Å². The molecule has 0 aliphatic heterocycles. The van der Waals surface area contributed by atoms with Gasteiger partial charge in [0.15, 0.2) is 0 Å². The van der Waals surface area contributed by atoms with Gasteiger partial charge in [-0.05, 0) is 37.6 Å². The van der Waals surface area contributed by atoms with Gasteiger partial charge in [0.25, 0.3) is 0 Å². The van der Waals surface area contributed by atoms with E-state index in [4.69, 9.17) is 5.73 Å². The van der Waals surface area contributed by atoms with Gasteiger partial charge in [-0.25, -0.2) is 0 Å².